The van der Waals surface area contributed by atoms with Crippen LogP contribution in [0, 0.1) is 0 Å². The van der Waals surface area contributed by atoms with Crippen molar-refractivity contribution in [1.29, 1.82) is 0 Å². The number of nitrogens with one attached hydrogen (secondary N) is 1. The fourth-order valence-corrected chi connectivity index (χ4v) is 3.56. The van der Waals surface area contributed by atoms with Crippen LogP contribution in [0.2, 0.25) is 0 Å². The van der Waals surface area contributed by atoms with Crippen molar-refractivity contribution in [3.63, 3.8) is 0 Å². The molecule has 2 unspecified atom stereocenters. The molecule has 0 radical (unpaired) electrons. The Labute approximate surface area is 163 Å². The Kier molecular flexibility index (Phi) is 5.25. The normalized spacial score (nSPS) is 22.0. The monoisotopic (exact) mass is 381 g/mol. The molecule has 7 nitrogen and oxygen atoms in total. The molecule has 1 aromatic carbocycles. The molecule has 1 aliphatic carbocycles. The van der Waals surface area contributed by atoms with Gasteiger partial charge in [-0.05, 0) is 42.2 Å². The Morgan fingerprint density at radius 1 is 1.29 bits per heavy atom. The Morgan fingerprint density at radius 2 is 2.07 bits per heavy atom. The molecule has 1 saturated carbocycles. The molecule has 1 N–H and O–H groups in total. The van der Waals surface area contributed by atoms with Gasteiger partial charge in [-0.1, -0.05) is 18.2 Å². The molecule has 4 rings (SSSR count). The summed E-state index contributed by atoms with van der Waals surface area (Å²) >= 11 is 0. The number of nitrogens with zero attached hydrogens (tertiary/aromatic N) is 2. The van der Waals surface area contributed by atoms with Crippen molar-refractivity contribution in [2.24, 2.45) is 0 Å². The lowest BCUT2D eigenvalue weighted by atomic mass is 9.96. The predicted molar refractivity (Wildman–Crippen MR) is 101 cm³/mol. The van der Waals surface area contributed by atoms with Gasteiger partial charge in [0.05, 0.1) is 13.2 Å². The van der Waals surface area contributed by atoms with E-state index in [0.29, 0.717) is 6.54 Å². The number of morpholine rings is 1. The minimum atomic E-state index is -0.761. The van der Waals surface area contributed by atoms with Crippen LogP contribution in [0.1, 0.15) is 30.0 Å². The van der Waals surface area contributed by atoms with Gasteiger partial charge in [0, 0.05) is 25.0 Å². The first-order valence-corrected chi connectivity index (χ1v) is 9.40. The molecule has 7 heteroatoms. The van der Waals surface area contributed by atoms with Crippen molar-refractivity contribution in [2.75, 3.05) is 13.7 Å². The van der Waals surface area contributed by atoms with E-state index in [1.807, 2.05) is 41.3 Å². The summed E-state index contributed by atoms with van der Waals surface area (Å²) in [6.45, 7) is 0.285. The first-order valence-electron chi connectivity index (χ1n) is 9.40. The van der Waals surface area contributed by atoms with Crippen molar-refractivity contribution >= 4 is 11.8 Å². The smallest absolute Gasteiger partial charge is 0.251 e. The van der Waals surface area contributed by atoms with Gasteiger partial charge in [0.25, 0.3) is 5.91 Å². The maximum atomic E-state index is 13.0. The molecule has 2 fully saturated rings. The highest BCUT2D eigenvalue weighted by atomic mass is 16.5. The Hall–Kier alpha value is -2.93. The van der Waals surface area contributed by atoms with Crippen molar-refractivity contribution in [3.05, 3.63) is 59.9 Å². The van der Waals surface area contributed by atoms with Crippen LogP contribution in [0.15, 0.2) is 48.8 Å². The molecule has 2 heterocycles. The molecule has 146 valence electrons. The van der Waals surface area contributed by atoms with Crippen LogP contribution in [0.3, 0.4) is 0 Å². The van der Waals surface area contributed by atoms with E-state index in [-0.39, 0.29) is 24.5 Å². The first kappa shape index (κ1) is 18.4. The van der Waals surface area contributed by atoms with Gasteiger partial charge in [0.1, 0.15) is 12.4 Å². The minimum Gasteiger partial charge on any atom is -0.497 e. The van der Waals surface area contributed by atoms with Crippen LogP contribution in [-0.4, -0.2) is 47.6 Å². The summed E-state index contributed by atoms with van der Waals surface area (Å²) in [6, 6.07) is 10.9. The lowest BCUT2D eigenvalue weighted by Gasteiger charge is -2.40. The summed E-state index contributed by atoms with van der Waals surface area (Å²) in [7, 11) is 1.60. The van der Waals surface area contributed by atoms with Gasteiger partial charge in [-0.15, -0.1) is 0 Å². The molecule has 28 heavy (non-hydrogen) atoms. The van der Waals surface area contributed by atoms with E-state index in [0.717, 1.165) is 29.7 Å². The molecule has 1 aliphatic heterocycles. The highest BCUT2D eigenvalue weighted by Crippen LogP contribution is 2.39. The van der Waals surface area contributed by atoms with E-state index in [2.05, 4.69) is 10.3 Å². The van der Waals surface area contributed by atoms with Crippen molar-refractivity contribution in [2.45, 2.75) is 37.6 Å². The number of amides is 2. The maximum Gasteiger partial charge on any atom is 0.251 e. The molecule has 2 atom stereocenters. The third kappa shape index (κ3) is 3.84. The van der Waals surface area contributed by atoms with E-state index in [9.17, 15) is 9.59 Å². The summed E-state index contributed by atoms with van der Waals surface area (Å²) in [6.07, 6.45) is 4.56. The average molecular weight is 381 g/mol. The van der Waals surface area contributed by atoms with E-state index in [1.165, 1.54) is 0 Å². The van der Waals surface area contributed by atoms with E-state index in [4.69, 9.17) is 9.47 Å². The summed E-state index contributed by atoms with van der Waals surface area (Å²) in [5, 5.41) is 2.92. The third-order valence-corrected chi connectivity index (χ3v) is 5.11. The fourth-order valence-electron chi connectivity index (χ4n) is 3.56. The number of aromatic nitrogens is 1. The zero-order valence-electron chi connectivity index (χ0n) is 15.7. The third-order valence-electron chi connectivity index (χ3n) is 5.11. The second kappa shape index (κ2) is 7.98. The standard InChI is InChI=1S/C21H23N3O4/c1-27-17-8-4-15(5-9-17)19-20(28-13-18(25)24(19)16-6-7-16)21(26)23-12-14-3-2-10-22-11-14/h2-5,8-11,16,19-20H,6-7,12-13H2,1H3,(H,23,26). The Morgan fingerprint density at radius 3 is 2.71 bits per heavy atom. The van der Waals surface area contributed by atoms with Gasteiger partial charge < -0.3 is 19.7 Å². The molecule has 1 aromatic heterocycles. The van der Waals surface area contributed by atoms with Crippen LogP contribution in [0.4, 0.5) is 0 Å². The zero-order valence-corrected chi connectivity index (χ0v) is 15.7. The average Bonchev–Trinajstić information content (AvgIpc) is 3.57. The lowest BCUT2D eigenvalue weighted by Crippen LogP contribution is -2.55. The van der Waals surface area contributed by atoms with Gasteiger partial charge in [-0.2, -0.15) is 0 Å². The lowest BCUT2D eigenvalue weighted by molar-refractivity contribution is -0.165. The van der Waals surface area contributed by atoms with Crippen LogP contribution in [0.5, 0.6) is 5.75 Å². The number of ether oxygens (including phenoxy) is 2. The highest BCUT2D eigenvalue weighted by molar-refractivity contribution is 5.86. The second-order valence-corrected chi connectivity index (χ2v) is 7.06. The Bertz CT molecular complexity index is 836. The summed E-state index contributed by atoms with van der Waals surface area (Å²) in [5.74, 6) is 0.421. The van der Waals surface area contributed by atoms with E-state index < -0.39 is 12.1 Å². The van der Waals surface area contributed by atoms with E-state index >= 15 is 0 Å². The molecule has 2 aliphatic rings. The van der Waals surface area contributed by atoms with Crippen LogP contribution < -0.4 is 10.1 Å². The zero-order chi connectivity index (χ0) is 19.5. The molecule has 2 aromatic rings. The predicted octanol–water partition coefficient (Wildman–Crippen LogP) is 1.84. The van der Waals surface area contributed by atoms with Gasteiger partial charge in [-0.25, -0.2) is 0 Å². The second-order valence-electron chi connectivity index (χ2n) is 7.06. The molecular formula is C21H23N3O4. The summed E-state index contributed by atoms with van der Waals surface area (Å²) in [5.41, 5.74) is 1.77. The molecular weight excluding hydrogens is 358 g/mol. The largest absolute Gasteiger partial charge is 0.497 e. The SMILES string of the molecule is COc1ccc(C2C(C(=O)NCc3cccnc3)OCC(=O)N2C2CC2)cc1. The van der Waals surface area contributed by atoms with Gasteiger partial charge >= 0.3 is 0 Å². The van der Waals surface area contributed by atoms with Crippen LogP contribution in [0.25, 0.3) is 0 Å². The molecule has 1 saturated heterocycles. The van der Waals surface area contributed by atoms with Gasteiger partial charge in [-0.3, -0.25) is 14.6 Å². The molecule has 2 amide bonds. The highest BCUT2D eigenvalue weighted by Gasteiger charge is 2.47. The number of hydrogen-bond acceptors (Lipinski definition) is 5. The summed E-state index contributed by atoms with van der Waals surface area (Å²) < 4.78 is 11.0. The number of rotatable bonds is 6. The maximum absolute atomic E-state index is 13.0. The molecule has 0 bridgehead atoms. The van der Waals surface area contributed by atoms with Crippen molar-refractivity contribution in [1.82, 2.24) is 15.2 Å². The number of hydrogen-bond donors (Lipinski definition) is 1. The first-order chi connectivity index (χ1) is 13.7. The number of carbonyl (C=O) groups is 2. The number of pyridine rings is 1. The number of methoxy groups -OCH3 is 1. The minimum absolute atomic E-state index is 0.0698. The Balaban J connectivity index is 1.57. The van der Waals surface area contributed by atoms with Gasteiger partial charge in [0.15, 0.2) is 6.10 Å². The van der Waals surface area contributed by atoms with Gasteiger partial charge in [0.2, 0.25) is 5.91 Å². The van der Waals surface area contributed by atoms with Crippen molar-refractivity contribution in [3.8, 4) is 5.75 Å². The topological polar surface area (TPSA) is 80.8 Å². The van der Waals surface area contributed by atoms with Crippen LogP contribution >= 0.6 is 0 Å². The summed E-state index contributed by atoms with van der Waals surface area (Å²) in [4.78, 5) is 31.4. The number of benzene rings is 1. The number of carbonyl (C=O) groups excluding carboxylic acids is 2. The quantitative estimate of drug-likeness (QED) is 0.826. The van der Waals surface area contributed by atoms with Crippen molar-refractivity contribution < 1.29 is 19.1 Å². The van der Waals surface area contributed by atoms with E-state index in [1.54, 1.807) is 19.5 Å². The molecule has 0 spiro atoms. The fraction of sp³-hybridized carbons (Fsp3) is 0.381. The van der Waals surface area contributed by atoms with Crippen LogP contribution in [-0.2, 0) is 20.9 Å².